The minimum atomic E-state index is -0.721. The van der Waals surface area contributed by atoms with Gasteiger partial charge in [-0.05, 0) is 13.0 Å². The second-order valence-electron chi connectivity index (χ2n) is 3.42. The van der Waals surface area contributed by atoms with Gasteiger partial charge >= 0.3 is 0 Å². The molecular formula is C9H20N4O2. The van der Waals surface area contributed by atoms with Crippen molar-refractivity contribution in [2.24, 2.45) is 11.5 Å². The van der Waals surface area contributed by atoms with Crippen LogP contribution >= 0.6 is 0 Å². The van der Waals surface area contributed by atoms with Crippen LogP contribution in [0.25, 0.3) is 0 Å². The Morgan fingerprint density at radius 1 is 1.47 bits per heavy atom. The fourth-order valence-electron chi connectivity index (χ4n) is 1.20. The second-order valence-corrected chi connectivity index (χ2v) is 3.42. The highest BCUT2D eigenvalue weighted by molar-refractivity contribution is 5.80. The van der Waals surface area contributed by atoms with Gasteiger partial charge in [0.25, 0.3) is 0 Å². The van der Waals surface area contributed by atoms with E-state index in [2.05, 4.69) is 5.32 Å². The first kappa shape index (κ1) is 13.9. The van der Waals surface area contributed by atoms with E-state index < -0.39 is 11.9 Å². The van der Waals surface area contributed by atoms with E-state index in [0.717, 1.165) is 6.42 Å². The van der Waals surface area contributed by atoms with E-state index in [1.807, 2.05) is 11.8 Å². The number of carbonyl (C=O) groups excluding carboxylic acids is 2. The van der Waals surface area contributed by atoms with E-state index in [1.165, 1.54) is 0 Å². The highest BCUT2D eigenvalue weighted by Crippen LogP contribution is 1.93. The summed E-state index contributed by atoms with van der Waals surface area (Å²) in [5.41, 5.74) is 10.6. The zero-order chi connectivity index (χ0) is 11.8. The molecule has 0 spiro atoms. The maximum atomic E-state index is 11.1. The molecule has 0 aromatic heterocycles. The van der Waals surface area contributed by atoms with Crippen LogP contribution in [0.5, 0.6) is 0 Å². The Hall–Kier alpha value is -1.14. The molecule has 0 rings (SSSR count). The summed E-state index contributed by atoms with van der Waals surface area (Å²) in [5.74, 6) is -0.645. The molecule has 6 nitrogen and oxygen atoms in total. The summed E-state index contributed by atoms with van der Waals surface area (Å²) in [6.07, 6.45) is 0.891. The van der Waals surface area contributed by atoms with Crippen LogP contribution in [-0.2, 0) is 9.59 Å². The number of likely N-dealkylation sites (N-methyl/N-ethyl adjacent to an activating group) is 1. The topological polar surface area (TPSA) is 101 Å². The number of nitrogens with one attached hydrogen (secondary N) is 1. The summed E-state index contributed by atoms with van der Waals surface area (Å²) in [6.45, 7) is 3.27. The van der Waals surface area contributed by atoms with Crippen LogP contribution in [0.1, 0.15) is 13.3 Å². The third-order valence-corrected chi connectivity index (χ3v) is 2.01. The molecule has 88 valence electrons. The van der Waals surface area contributed by atoms with Crippen LogP contribution in [0, 0.1) is 0 Å². The number of nitrogens with zero attached hydrogens (tertiary/aromatic N) is 1. The van der Waals surface area contributed by atoms with Gasteiger partial charge in [-0.25, -0.2) is 0 Å². The van der Waals surface area contributed by atoms with Crippen LogP contribution < -0.4 is 16.8 Å². The standard InChI is InChI=1S/C9H20N4O2/c1-3-4-13(6-8(14)12-2)5-7(10)9(11)15/h7H,3-6,10H2,1-2H3,(H2,11,15)(H,12,14). The molecule has 0 radical (unpaired) electrons. The normalized spacial score (nSPS) is 12.5. The summed E-state index contributed by atoms with van der Waals surface area (Å²) >= 11 is 0. The van der Waals surface area contributed by atoms with Crippen molar-refractivity contribution in [1.82, 2.24) is 10.2 Å². The molecule has 6 heteroatoms. The predicted octanol–water partition coefficient (Wildman–Crippen LogP) is -1.74. The van der Waals surface area contributed by atoms with Gasteiger partial charge in [0.15, 0.2) is 0 Å². The molecular weight excluding hydrogens is 196 g/mol. The monoisotopic (exact) mass is 216 g/mol. The fourth-order valence-corrected chi connectivity index (χ4v) is 1.20. The van der Waals surface area contributed by atoms with Crippen LogP contribution in [0.15, 0.2) is 0 Å². The third kappa shape index (κ3) is 6.03. The summed E-state index contributed by atoms with van der Waals surface area (Å²) in [5, 5.41) is 2.52. The molecule has 1 unspecified atom stereocenters. The molecule has 0 saturated carbocycles. The lowest BCUT2D eigenvalue weighted by Gasteiger charge is -2.22. The molecule has 5 N–H and O–H groups in total. The van der Waals surface area contributed by atoms with Crippen molar-refractivity contribution < 1.29 is 9.59 Å². The van der Waals surface area contributed by atoms with Crippen molar-refractivity contribution >= 4 is 11.8 Å². The van der Waals surface area contributed by atoms with E-state index in [0.29, 0.717) is 13.1 Å². The first-order valence-electron chi connectivity index (χ1n) is 4.99. The highest BCUT2D eigenvalue weighted by Gasteiger charge is 2.16. The van der Waals surface area contributed by atoms with E-state index in [-0.39, 0.29) is 12.5 Å². The SMILES string of the molecule is CCCN(CC(=O)NC)CC(N)C(N)=O. The highest BCUT2D eigenvalue weighted by atomic mass is 16.2. The predicted molar refractivity (Wildman–Crippen MR) is 58.0 cm³/mol. The number of carbonyl (C=O) groups is 2. The Balaban J connectivity index is 4.14. The van der Waals surface area contributed by atoms with E-state index >= 15 is 0 Å². The first-order valence-corrected chi connectivity index (χ1v) is 4.99. The van der Waals surface area contributed by atoms with Crippen LogP contribution in [-0.4, -0.2) is 49.4 Å². The summed E-state index contributed by atoms with van der Waals surface area (Å²) in [4.78, 5) is 23.7. The lowest BCUT2D eigenvalue weighted by molar-refractivity contribution is -0.123. The average molecular weight is 216 g/mol. The van der Waals surface area contributed by atoms with E-state index in [4.69, 9.17) is 11.5 Å². The molecule has 0 aliphatic rings. The molecule has 0 aromatic rings. The minimum Gasteiger partial charge on any atom is -0.368 e. The van der Waals surface area contributed by atoms with Gasteiger partial charge in [-0.3, -0.25) is 14.5 Å². The Morgan fingerprint density at radius 2 is 2.07 bits per heavy atom. The van der Waals surface area contributed by atoms with Gasteiger partial charge in [0.2, 0.25) is 11.8 Å². The maximum absolute atomic E-state index is 11.1. The summed E-state index contributed by atoms with van der Waals surface area (Å²) < 4.78 is 0. The van der Waals surface area contributed by atoms with Crippen molar-refractivity contribution in [3.05, 3.63) is 0 Å². The maximum Gasteiger partial charge on any atom is 0.235 e. The Morgan fingerprint density at radius 3 is 2.47 bits per heavy atom. The number of hydrogen-bond acceptors (Lipinski definition) is 4. The first-order chi connectivity index (χ1) is 7.01. The van der Waals surface area contributed by atoms with Gasteiger partial charge in [0, 0.05) is 13.6 Å². The minimum absolute atomic E-state index is 0.0971. The van der Waals surface area contributed by atoms with Crippen molar-refractivity contribution in [2.45, 2.75) is 19.4 Å². The fraction of sp³-hybridized carbons (Fsp3) is 0.778. The zero-order valence-electron chi connectivity index (χ0n) is 9.32. The number of amides is 2. The molecule has 0 aromatic carbocycles. The van der Waals surface area contributed by atoms with Crippen LogP contribution in [0.2, 0.25) is 0 Å². The number of primary amides is 1. The van der Waals surface area contributed by atoms with Gasteiger partial charge in [-0.15, -0.1) is 0 Å². The molecule has 15 heavy (non-hydrogen) atoms. The van der Waals surface area contributed by atoms with Gasteiger partial charge in [0.1, 0.15) is 0 Å². The summed E-state index contributed by atoms with van der Waals surface area (Å²) in [7, 11) is 1.57. The molecule has 0 aliphatic heterocycles. The van der Waals surface area contributed by atoms with Crippen LogP contribution in [0.3, 0.4) is 0 Å². The molecule has 0 aliphatic carbocycles. The van der Waals surface area contributed by atoms with Gasteiger partial charge in [0.05, 0.1) is 12.6 Å². The number of nitrogens with two attached hydrogens (primary N) is 2. The number of hydrogen-bond donors (Lipinski definition) is 3. The van der Waals surface area contributed by atoms with E-state index in [9.17, 15) is 9.59 Å². The smallest absolute Gasteiger partial charge is 0.235 e. The Kier molecular flexibility index (Phi) is 6.64. The Bertz CT molecular complexity index is 220. The molecule has 1 atom stereocenters. The number of rotatable bonds is 7. The van der Waals surface area contributed by atoms with E-state index in [1.54, 1.807) is 7.05 Å². The second kappa shape index (κ2) is 7.19. The van der Waals surface area contributed by atoms with Crippen molar-refractivity contribution in [3.63, 3.8) is 0 Å². The average Bonchev–Trinajstić information content (AvgIpc) is 2.17. The quantitative estimate of drug-likeness (QED) is 0.470. The van der Waals surface area contributed by atoms with Gasteiger partial charge in [-0.2, -0.15) is 0 Å². The third-order valence-electron chi connectivity index (χ3n) is 2.01. The van der Waals surface area contributed by atoms with Crippen LogP contribution in [0.4, 0.5) is 0 Å². The molecule has 0 heterocycles. The zero-order valence-corrected chi connectivity index (χ0v) is 9.32. The van der Waals surface area contributed by atoms with Crippen molar-refractivity contribution in [3.8, 4) is 0 Å². The van der Waals surface area contributed by atoms with Crippen molar-refractivity contribution in [2.75, 3.05) is 26.7 Å². The Labute approximate surface area is 90.0 Å². The van der Waals surface area contributed by atoms with Gasteiger partial charge in [-0.1, -0.05) is 6.92 Å². The molecule has 2 amide bonds. The molecule has 0 saturated heterocycles. The van der Waals surface area contributed by atoms with Crippen molar-refractivity contribution in [1.29, 1.82) is 0 Å². The largest absolute Gasteiger partial charge is 0.368 e. The lowest BCUT2D eigenvalue weighted by atomic mass is 10.2. The molecule has 0 bridgehead atoms. The summed E-state index contributed by atoms with van der Waals surface area (Å²) in [6, 6.07) is -0.721. The van der Waals surface area contributed by atoms with Gasteiger partial charge < -0.3 is 16.8 Å². The molecule has 0 fully saturated rings. The lowest BCUT2D eigenvalue weighted by Crippen LogP contribution is -2.48.